The van der Waals surface area contributed by atoms with Crippen LogP contribution in [0.5, 0.6) is 5.75 Å². The van der Waals surface area contributed by atoms with Gasteiger partial charge in [-0.1, -0.05) is 36.4 Å². The number of benzene rings is 3. The Labute approximate surface area is 158 Å². The van der Waals surface area contributed by atoms with Gasteiger partial charge < -0.3 is 4.74 Å². The summed E-state index contributed by atoms with van der Waals surface area (Å²) < 4.78 is 9.58. The molecule has 0 aliphatic carbocycles. The van der Waals surface area contributed by atoms with Crippen LogP contribution in [0.4, 0.5) is 0 Å². The number of carbonyl (C=O) groups is 1. The number of methoxy groups -OCH3 is 1. The van der Waals surface area contributed by atoms with Crippen LogP contribution in [0.3, 0.4) is 0 Å². The van der Waals surface area contributed by atoms with Gasteiger partial charge in [0.1, 0.15) is 12.0 Å². The fourth-order valence-electron chi connectivity index (χ4n) is 3.65. The summed E-state index contributed by atoms with van der Waals surface area (Å²) in [4.78, 5) is 11.0. The molecule has 1 aromatic heterocycles. The molecule has 4 heteroatoms. The van der Waals surface area contributed by atoms with Crippen LogP contribution >= 0.6 is 0 Å². The number of aromatic nitrogens is 2. The van der Waals surface area contributed by atoms with Gasteiger partial charge in [0.2, 0.25) is 6.33 Å². The third-order valence-electron chi connectivity index (χ3n) is 4.96. The number of hydrogen-bond donors (Lipinski definition) is 0. The molecule has 4 rings (SSSR count). The van der Waals surface area contributed by atoms with E-state index in [1.165, 1.54) is 11.1 Å². The van der Waals surface area contributed by atoms with Gasteiger partial charge in [0.05, 0.1) is 21.2 Å². The highest BCUT2D eigenvalue weighted by molar-refractivity contribution is 5.99. The van der Waals surface area contributed by atoms with E-state index in [1.54, 1.807) is 7.11 Å². The number of imidazole rings is 1. The van der Waals surface area contributed by atoms with E-state index >= 15 is 0 Å². The first-order valence-electron chi connectivity index (χ1n) is 8.80. The molecule has 4 aromatic rings. The molecular formula is C23H21N2O2+. The van der Waals surface area contributed by atoms with Crippen molar-refractivity contribution < 1.29 is 14.1 Å². The Bertz CT molecular complexity index is 1120. The molecule has 0 N–H and O–H groups in total. The van der Waals surface area contributed by atoms with Gasteiger partial charge >= 0.3 is 0 Å². The third-order valence-corrected chi connectivity index (χ3v) is 4.96. The van der Waals surface area contributed by atoms with Gasteiger partial charge in [0.15, 0.2) is 11.0 Å². The van der Waals surface area contributed by atoms with Crippen molar-refractivity contribution in [2.45, 2.75) is 0 Å². The smallest absolute Gasteiger partial charge is 0.244 e. The monoisotopic (exact) mass is 357 g/mol. The predicted molar refractivity (Wildman–Crippen MR) is 107 cm³/mol. The van der Waals surface area contributed by atoms with Gasteiger partial charge in [-0.15, -0.1) is 0 Å². The lowest BCUT2D eigenvalue weighted by Gasteiger charge is -2.08. The molecule has 0 bridgehead atoms. The van der Waals surface area contributed by atoms with Crippen molar-refractivity contribution in [2.24, 2.45) is 14.1 Å². The highest BCUT2D eigenvalue weighted by Crippen LogP contribution is 2.34. The van der Waals surface area contributed by atoms with E-state index in [1.807, 2.05) is 36.4 Å². The Hall–Kier alpha value is -3.40. The molecule has 0 fully saturated rings. The van der Waals surface area contributed by atoms with E-state index in [0.29, 0.717) is 5.56 Å². The van der Waals surface area contributed by atoms with Gasteiger partial charge in [0.25, 0.3) is 0 Å². The Morgan fingerprint density at radius 2 is 1.48 bits per heavy atom. The number of fused-ring (bicyclic) bond motifs is 1. The lowest BCUT2D eigenvalue weighted by Crippen LogP contribution is -2.26. The van der Waals surface area contributed by atoms with Crippen LogP contribution in [-0.4, -0.2) is 18.0 Å². The normalized spacial score (nSPS) is 10.9. The van der Waals surface area contributed by atoms with Gasteiger partial charge in [0, 0.05) is 16.7 Å². The summed E-state index contributed by atoms with van der Waals surface area (Å²) in [5.74, 6) is 0.847. The maximum atomic E-state index is 11.0. The van der Waals surface area contributed by atoms with E-state index in [9.17, 15) is 4.79 Å². The van der Waals surface area contributed by atoms with Crippen molar-refractivity contribution in [1.29, 1.82) is 0 Å². The minimum Gasteiger partial charge on any atom is -0.497 e. The number of ether oxygens (including phenoxy) is 1. The topological polar surface area (TPSA) is 35.1 Å². The van der Waals surface area contributed by atoms with Crippen LogP contribution in [0, 0.1) is 0 Å². The van der Waals surface area contributed by atoms with Gasteiger partial charge in [-0.2, -0.15) is 0 Å². The summed E-state index contributed by atoms with van der Waals surface area (Å²) in [6.45, 7) is 0. The Morgan fingerprint density at radius 1 is 0.889 bits per heavy atom. The second-order valence-corrected chi connectivity index (χ2v) is 6.66. The van der Waals surface area contributed by atoms with Gasteiger partial charge in [-0.25, -0.2) is 9.13 Å². The molecule has 1 heterocycles. The van der Waals surface area contributed by atoms with Crippen molar-refractivity contribution in [3.63, 3.8) is 0 Å². The molecule has 0 spiro atoms. The highest BCUT2D eigenvalue weighted by Gasteiger charge is 2.21. The van der Waals surface area contributed by atoms with E-state index in [4.69, 9.17) is 4.74 Å². The molecule has 0 atom stereocenters. The fraction of sp³-hybridized carbons (Fsp3) is 0.130. The molecule has 0 radical (unpaired) electrons. The summed E-state index contributed by atoms with van der Waals surface area (Å²) in [6, 6.07) is 20.1. The second-order valence-electron chi connectivity index (χ2n) is 6.66. The molecule has 0 aliphatic heterocycles. The first kappa shape index (κ1) is 17.0. The quantitative estimate of drug-likeness (QED) is 0.406. The molecular weight excluding hydrogens is 336 g/mol. The molecule has 0 amide bonds. The molecule has 0 unspecified atom stereocenters. The summed E-state index contributed by atoms with van der Waals surface area (Å²) in [7, 11) is 5.80. The average Bonchev–Trinajstić information content (AvgIpc) is 3.02. The molecule has 0 saturated heterocycles. The molecule has 3 aromatic carbocycles. The van der Waals surface area contributed by atoms with Crippen molar-refractivity contribution >= 4 is 17.3 Å². The van der Waals surface area contributed by atoms with E-state index in [0.717, 1.165) is 34.2 Å². The van der Waals surface area contributed by atoms with Gasteiger partial charge in [-0.05, 0) is 35.4 Å². The number of nitrogens with zero attached hydrogens (tertiary/aromatic N) is 2. The summed E-state index contributed by atoms with van der Waals surface area (Å²) in [6.07, 6.45) is 2.95. The SMILES string of the molecule is COc1ccc(-c2ccc(-c3ccc(C=O)cc3)c3c2n(C)c[n+]3C)cc1. The van der Waals surface area contributed by atoms with Crippen molar-refractivity contribution in [3.05, 3.63) is 72.6 Å². The van der Waals surface area contributed by atoms with Crippen molar-refractivity contribution in [2.75, 3.05) is 7.11 Å². The molecule has 134 valence electrons. The third kappa shape index (κ3) is 2.89. The zero-order valence-corrected chi connectivity index (χ0v) is 15.6. The lowest BCUT2D eigenvalue weighted by molar-refractivity contribution is -0.645. The van der Waals surface area contributed by atoms with Crippen LogP contribution in [0.1, 0.15) is 10.4 Å². The van der Waals surface area contributed by atoms with Gasteiger partial charge in [-0.3, -0.25) is 4.79 Å². The van der Waals surface area contributed by atoms with E-state index < -0.39 is 0 Å². The van der Waals surface area contributed by atoms with Crippen LogP contribution in [-0.2, 0) is 14.1 Å². The highest BCUT2D eigenvalue weighted by atomic mass is 16.5. The molecule has 0 saturated carbocycles. The van der Waals surface area contributed by atoms with Crippen molar-refractivity contribution in [3.8, 4) is 28.0 Å². The summed E-state index contributed by atoms with van der Waals surface area (Å²) in [5, 5.41) is 0. The van der Waals surface area contributed by atoms with Crippen LogP contribution in [0.2, 0.25) is 0 Å². The standard InChI is InChI=1S/C23H21N2O2/c1-24-15-25(2)23-21(18-8-10-19(27-3)11-9-18)13-12-20(22(23)24)17-6-4-16(14-26)5-7-17/h4-15H,1-3H3/q+1. The van der Waals surface area contributed by atoms with Crippen LogP contribution < -0.4 is 9.30 Å². The fourth-order valence-corrected chi connectivity index (χ4v) is 3.65. The first-order valence-corrected chi connectivity index (χ1v) is 8.80. The average molecular weight is 357 g/mol. The summed E-state index contributed by atoms with van der Waals surface area (Å²) >= 11 is 0. The minimum atomic E-state index is 0.683. The number of aldehydes is 1. The molecule has 0 aliphatic rings. The zero-order chi connectivity index (χ0) is 19.0. The molecule has 4 nitrogen and oxygen atoms in total. The predicted octanol–water partition coefficient (Wildman–Crippen LogP) is 4.16. The zero-order valence-electron chi connectivity index (χ0n) is 15.6. The van der Waals surface area contributed by atoms with Crippen LogP contribution in [0.15, 0.2) is 67.0 Å². The largest absolute Gasteiger partial charge is 0.497 e. The second kappa shape index (κ2) is 6.72. The van der Waals surface area contributed by atoms with Crippen molar-refractivity contribution in [1.82, 2.24) is 4.57 Å². The van der Waals surface area contributed by atoms with E-state index in [-0.39, 0.29) is 0 Å². The Kier molecular flexibility index (Phi) is 4.24. The summed E-state index contributed by atoms with van der Waals surface area (Å²) in [5.41, 5.74) is 7.55. The molecule has 27 heavy (non-hydrogen) atoms. The number of hydrogen-bond acceptors (Lipinski definition) is 2. The van der Waals surface area contributed by atoms with Crippen LogP contribution in [0.25, 0.3) is 33.3 Å². The van der Waals surface area contributed by atoms with E-state index in [2.05, 4.69) is 53.8 Å². The Balaban J connectivity index is 1.94. The maximum Gasteiger partial charge on any atom is 0.244 e. The first-order chi connectivity index (χ1) is 13.1. The minimum absolute atomic E-state index is 0.683. The number of carbonyl (C=O) groups excluding carboxylic acids is 1. The number of aryl methyl sites for hydroxylation is 2. The maximum absolute atomic E-state index is 11.0. The Morgan fingerprint density at radius 3 is 2.11 bits per heavy atom. The lowest BCUT2D eigenvalue weighted by atomic mass is 9.97. The number of rotatable bonds is 4.